The maximum absolute atomic E-state index is 14.1. The van der Waals surface area contributed by atoms with Gasteiger partial charge in [0.25, 0.3) is 5.56 Å². The number of hydrogen-bond donors (Lipinski definition) is 3. The van der Waals surface area contributed by atoms with Gasteiger partial charge in [0.1, 0.15) is 0 Å². The van der Waals surface area contributed by atoms with Crippen LogP contribution in [0.4, 0.5) is 8.78 Å². The van der Waals surface area contributed by atoms with Gasteiger partial charge in [-0.2, -0.15) is 4.31 Å². The summed E-state index contributed by atoms with van der Waals surface area (Å²) < 4.78 is 57.0. The van der Waals surface area contributed by atoms with E-state index in [0.29, 0.717) is 15.6 Å². The normalized spacial score (nSPS) is 15.4. The molecule has 6 rings (SSSR count). The van der Waals surface area contributed by atoms with Crippen LogP contribution in [-0.4, -0.2) is 47.8 Å². The predicted molar refractivity (Wildman–Crippen MR) is 181 cm³/mol. The van der Waals surface area contributed by atoms with Crippen molar-refractivity contribution in [3.05, 3.63) is 134 Å². The molecule has 2 aromatic heterocycles. The number of carbonyl (C=O) groups excluding carboxylic acids is 1. The number of aliphatic hydroxyl groups is 1. The van der Waals surface area contributed by atoms with Crippen molar-refractivity contribution >= 4 is 38.0 Å². The van der Waals surface area contributed by atoms with Crippen LogP contribution < -0.4 is 10.9 Å². The molecule has 1 aliphatic carbocycles. The second kappa shape index (κ2) is 14.1. The van der Waals surface area contributed by atoms with Gasteiger partial charge in [-0.05, 0) is 58.8 Å². The molecule has 0 radical (unpaired) electrons. The molecular weight excluding hydrogens is 657 g/mol. The molecule has 0 aliphatic heterocycles. The predicted octanol–water partition coefficient (Wildman–Crippen LogP) is 6.20. The molecule has 250 valence electrons. The topological polar surface area (TPSA) is 120 Å². The van der Waals surface area contributed by atoms with E-state index >= 15 is 0 Å². The number of carbonyl (C=O) groups is 1. The highest BCUT2D eigenvalue weighted by molar-refractivity contribution is 7.89. The van der Waals surface area contributed by atoms with Crippen molar-refractivity contribution in [1.82, 2.24) is 14.6 Å². The number of nitrogens with one attached hydrogen (secondary N) is 2. The molecule has 5 aromatic rings. The summed E-state index contributed by atoms with van der Waals surface area (Å²) >= 11 is 1.24. The third-order valence-electron chi connectivity index (χ3n) is 8.75. The minimum Gasteiger partial charge on any atom is -0.394 e. The van der Waals surface area contributed by atoms with E-state index in [1.165, 1.54) is 35.7 Å². The first-order valence-electron chi connectivity index (χ1n) is 15.6. The first-order valence-corrected chi connectivity index (χ1v) is 17.9. The van der Waals surface area contributed by atoms with Crippen LogP contribution in [0.1, 0.15) is 52.1 Å². The highest BCUT2D eigenvalue weighted by atomic mass is 32.2. The van der Waals surface area contributed by atoms with Crippen LogP contribution in [0.25, 0.3) is 10.8 Å². The smallest absolute Gasteiger partial charge is 0.255 e. The summed E-state index contributed by atoms with van der Waals surface area (Å²) in [6.45, 7) is -0.600. The highest BCUT2D eigenvalue weighted by Gasteiger charge is 2.48. The number of aliphatic hydroxyl groups excluding tert-OH is 1. The molecule has 0 saturated heterocycles. The molecule has 1 fully saturated rings. The number of thiophene rings is 1. The lowest BCUT2D eigenvalue weighted by atomic mass is 9.81. The maximum atomic E-state index is 14.1. The van der Waals surface area contributed by atoms with Gasteiger partial charge >= 0.3 is 0 Å². The van der Waals surface area contributed by atoms with E-state index in [9.17, 15) is 31.9 Å². The number of sulfonamides is 1. The van der Waals surface area contributed by atoms with E-state index in [1.807, 2.05) is 60.7 Å². The number of fused-ring (bicyclic) bond motifs is 1. The average Bonchev–Trinajstić information content (AvgIpc) is 3.54. The standard InChI is InChI=1S/C36H35F2N3O5S2/c37-36(38)19-24(20-36)22-41(48(45,46)29-12-13-30-27(17-29)15-16-39-35(30)44)32(23-42)33-14-11-28(47-33)21-40-34(43)18-31(25-7-3-1-4-8-25)26-9-5-2-6-10-26/h1-17,24,31-32,42H,18-23H2,(H,39,44)(H,40,43)/t32-/m1/s1. The molecule has 1 aliphatic rings. The largest absolute Gasteiger partial charge is 0.394 e. The Morgan fingerprint density at radius 3 is 2.27 bits per heavy atom. The molecule has 1 atom stereocenters. The van der Waals surface area contributed by atoms with Gasteiger partial charge in [-0.15, -0.1) is 11.3 Å². The Bertz CT molecular complexity index is 2000. The van der Waals surface area contributed by atoms with Gasteiger partial charge in [0.15, 0.2) is 0 Å². The second-order valence-corrected chi connectivity index (χ2v) is 15.2. The number of aromatic nitrogens is 1. The van der Waals surface area contributed by atoms with E-state index < -0.39 is 47.4 Å². The lowest BCUT2D eigenvalue weighted by Gasteiger charge is -2.39. The zero-order chi connectivity index (χ0) is 33.9. The number of pyridine rings is 1. The van der Waals surface area contributed by atoms with Gasteiger partial charge < -0.3 is 15.4 Å². The second-order valence-electron chi connectivity index (χ2n) is 12.1. The minimum atomic E-state index is -4.30. The third kappa shape index (κ3) is 7.41. The van der Waals surface area contributed by atoms with E-state index in [4.69, 9.17) is 0 Å². The van der Waals surface area contributed by atoms with Gasteiger partial charge in [0, 0.05) is 53.1 Å². The summed E-state index contributed by atoms with van der Waals surface area (Å²) in [6.07, 6.45) is 0.750. The van der Waals surface area contributed by atoms with Gasteiger partial charge in [-0.3, -0.25) is 9.59 Å². The van der Waals surface area contributed by atoms with Crippen molar-refractivity contribution in [1.29, 1.82) is 0 Å². The number of H-pyrrole nitrogens is 1. The first kappa shape index (κ1) is 33.7. The average molecular weight is 692 g/mol. The van der Waals surface area contributed by atoms with Crippen LogP contribution in [-0.2, 0) is 21.4 Å². The lowest BCUT2D eigenvalue weighted by Crippen LogP contribution is -2.46. The number of halogens is 2. The Morgan fingerprint density at radius 1 is 0.979 bits per heavy atom. The van der Waals surface area contributed by atoms with Crippen LogP contribution in [0, 0.1) is 5.92 Å². The number of nitrogens with zero attached hydrogens (tertiary/aromatic N) is 1. The van der Waals surface area contributed by atoms with Gasteiger partial charge in [0.05, 0.1) is 24.1 Å². The Labute approximate surface area is 281 Å². The zero-order valence-electron chi connectivity index (χ0n) is 25.9. The summed E-state index contributed by atoms with van der Waals surface area (Å²) in [7, 11) is -4.30. The SMILES string of the molecule is O=C(CC(c1ccccc1)c1ccccc1)NCc1ccc([C@@H](CO)N(CC2CC(F)(F)C2)S(=O)(=O)c2ccc3c(=O)[nH]ccc3c2)s1. The van der Waals surface area contributed by atoms with E-state index in [0.717, 1.165) is 20.3 Å². The third-order valence-corrected chi connectivity index (χ3v) is 11.8. The van der Waals surface area contributed by atoms with Crippen LogP contribution in [0.3, 0.4) is 0 Å². The van der Waals surface area contributed by atoms with E-state index in [-0.39, 0.29) is 41.8 Å². The quantitative estimate of drug-likeness (QED) is 0.136. The number of alkyl halides is 2. The van der Waals surface area contributed by atoms with Gasteiger partial charge in [-0.1, -0.05) is 60.7 Å². The number of hydrogen-bond acceptors (Lipinski definition) is 6. The number of rotatable bonds is 13. The molecule has 1 amide bonds. The van der Waals surface area contributed by atoms with Gasteiger partial charge in [0.2, 0.25) is 21.9 Å². The molecule has 0 unspecified atom stereocenters. The number of benzene rings is 3. The van der Waals surface area contributed by atoms with Crippen molar-refractivity contribution in [3.8, 4) is 0 Å². The Morgan fingerprint density at radius 2 is 1.65 bits per heavy atom. The summed E-state index contributed by atoms with van der Waals surface area (Å²) in [5.74, 6) is -3.75. The summed E-state index contributed by atoms with van der Waals surface area (Å²) in [5, 5.41) is 14.2. The molecule has 0 bridgehead atoms. The fraction of sp³-hybridized carbons (Fsp3) is 0.278. The number of amides is 1. The molecule has 0 spiro atoms. The molecule has 3 N–H and O–H groups in total. The van der Waals surface area contributed by atoms with E-state index in [2.05, 4.69) is 10.3 Å². The molecule has 12 heteroatoms. The minimum absolute atomic E-state index is 0.111. The number of aromatic amines is 1. The van der Waals surface area contributed by atoms with Crippen molar-refractivity contribution in [2.45, 2.75) is 48.6 Å². The van der Waals surface area contributed by atoms with Crippen molar-refractivity contribution < 1.29 is 27.1 Å². The summed E-state index contributed by atoms with van der Waals surface area (Å²) in [6, 6.07) is 27.7. The van der Waals surface area contributed by atoms with Crippen LogP contribution in [0.2, 0.25) is 0 Å². The Kier molecular flexibility index (Phi) is 9.88. The fourth-order valence-electron chi connectivity index (χ4n) is 6.26. The van der Waals surface area contributed by atoms with Crippen molar-refractivity contribution in [3.63, 3.8) is 0 Å². The Hall–Kier alpha value is -4.23. The highest BCUT2D eigenvalue weighted by Crippen LogP contribution is 2.44. The molecule has 2 heterocycles. The van der Waals surface area contributed by atoms with Crippen molar-refractivity contribution in [2.24, 2.45) is 5.92 Å². The molecular formula is C36H35F2N3O5S2. The van der Waals surface area contributed by atoms with Gasteiger partial charge in [-0.25, -0.2) is 17.2 Å². The first-order chi connectivity index (χ1) is 23.0. The fourth-order valence-corrected chi connectivity index (χ4v) is 9.09. The Balaban J connectivity index is 1.21. The monoisotopic (exact) mass is 691 g/mol. The molecule has 1 saturated carbocycles. The van der Waals surface area contributed by atoms with Crippen LogP contribution in [0.5, 0.6) is 0 Å². The summed E-state index contributed by atoms with van der Waals surface area (Å²) in [5.41, 5.74) is 1.67. The van der Waals surface area contributed by atoms with Crippen LogP contribution >= 0.6 is 11.3 Å². The lowest BCUT2D eigenvalue weighted by molar-refractivity contribution is -0.121. The molecule has 8 nitrogen and oxygen atoms in total. The maximum Gasteiger partial charge on any atom is 0.255 e. The van der Waals surface area contributed by atoms with Crippen LogP contribution in [0.15, 0.2) is 113 Å². The molecule has 3 aromatic carbocycles. The summed E-state index contributed by atoms with van der Waals surface area (Å²) in [4.78, 5) is 29.1. The molecule has 48 heavy (non-hydrogen) atoms. The van der Waals surface area contributed by atoms with E-state index in [1.54, 1.807) is 18.2 Å². The zero-order valence-corrected chi connectivity index (χ0v) is 27.5. The van der Waals surface area contributed by atoms with Crippen molar-refractivity contribution in [2.75, 3.05) is 13.2 Å².